The fourth-order valence-electron chi connectivity index (χ4n) is 2.79. The second kappa shape index (κ2) is 7.00. The Balaban J connectivity index is 2.29. The maximum Gasteiger partial charge on any atom is 0.223 e. The van der Waals surface area contributed by atoms with Gasteiger partial charge in [0.05, 0.1) is 0 Å². The fraction of sp³-hybridized carbons (Fsp3) is 0.929. The molecule has 17 heavy (non-hydrogen) atoms. The zero-order valence-electron chi connectivity index (χ0n) is 11.5. The molecule has 0 aliphatic heterocycles. The zero-order valence-corrected chi connectivity index (χ0v) is 11.5. The Morgan fingerprint density at radius 2 is 1.82 bits per heavy atom. The topological polar surface area (TPSA) is 55.1 Å². The van der Waals surface area contributed by atoms with E-state index in [1.807, 2.05) is 0 Å². The summed E-state index contributed by atoms with van der Waals surface area (Å²) in [5.41, 5.74) is 5.66. The van der Waals surface area contributed by atoms with E-state index < -0.39 is 0 Å². The van der Waals surface area contributed by atoms with Gasteiger partial charge >= 0.3 is 0 Å². The molecule has 3 nitrogen and oxygen atoms in total. The number of nitrogens with two attached hydrogens (primary N) is 1. The van der Waals surface area contributed by atoms with Crippen LogP contribution in [0.1, 0.15) is 52.9 Å². The lowest BCUT2D eigenvalue weighted by molar-refractivity contribution is -0.126. The maximum atomic E-state index is 12.0. The molecule has 1 atom stereocenters. The van der Waals surface area contributed by atoms with Crippen molar-refractivity contribution in [3.8, 4) is 0 Å². The van der Waals surface area contributed by atoms with Gasteiger partial charge in [0.25, 0.3) is 0 Å². The lowest BCUT2D eigenvalue weighted by atomic mass is 9.81. The lowest BCUT2D eigenvalue weighted by Gasteiger charge is -2.28. The zero-order chi connectivity index (χ0) is 12.8. The highest BCUT2D eigenvalue weighted by atomic mass is 16.1. The van der Waals surface area contributed by atoms with E-state index in [9.17, 15) is 4.79 Å². The Hall–Kier alpha value is -0.570. The van der Waals surface area contributed by atoms with Crippen molar-refractivity contribution in [1.29, 1.82) is 0 Å². The van der Waals surface area contributed by atoms with Crippen LogP contribution >= 0.6 is 0 Å². The molecule has 1 saturated carbocycles. The summed E-state index contributed by atoms with van der Waals surface area (Å²) in [5, 5.41) is 3.14. The molecule has 3 heteroatoms. The van der Waals surface area contributed by atoms with E-state index in [0.717, 1.165) is 38.6 Å². The predicted molar refractivity (Wildman–Crippen MR) is 71.6 cm³/mol. The summed E-state index contributed by atoms with van der Waals surface area (Å²) in [6.45, 7) is 7.26. The maximum absolute atomic E-state index is 12.0. The van der Waals surface area contributed by atoms with E-state index in [-0.39, 0.29) is 11.8 Å². The van der Waals surface area contributed by atoms with E-state index in [4.69, 9.17) is 5.73 Å². The van der Waals surface area contributed by atoms with E-state index >= 15 is 0 Å². The second-order valence-electron chi connectivity index (χ2n) is 5.99. The number of carbonyl (C=O) groups is 1. The molecule has 1 fully saturated rings. The van der Waals surface area contributed by atoms with Gasteiger partial charge in [-0.15, -0.1) is 0 Å². The minimum absolute atomic E-state index is 0.229. The van der Waals surface area contributed by atoms with Crippen LogP contribution < -0.4 is 11.1 Å². The number of amides is 1. The average Bonchev–Trinajstić information content (AvgIpc) is 2.28. The summed E-state index contributed by atoms with van der Waals surface area (Å²) in [6.07, 6.45) is 5.33. The molecule has 1 aliphatic rings. The Morgan fingerprint density at radius 3 is 2.29 bits per heavy atom. The number of rotatable bonds is 5. The van der Waals surface area contributed by atoms with E-state index in [2.05, 4.69) is 26.1 Å². The smallest absolute Gasteiger partial charge is 0.223 e. The summed E-state index contributed by atoms with van der Waals surface area (Å²) < 4.78 is 0. The van der Waals surface area contributed by atoms with Gasteiger partial charge < -0.3 is 11.1 Å². The molecule has 0 bridgehead atoms. The average molecular weight is 240 g/mol. The highest BCUT2D eigenvalue weighted by Gasteiger charge is 2.26. The molecule has 0 aromatic carbocycles. The standard InChI is InChI=1S/C14H28N2O/c1-10(2)8-11(3)16-14(17)13-6-4-12(9-15)5-7-13/h10-13H,4-9,15H2,1-3H3,(H,16,17). The first-order valence-corrected chi connectivity index (χ1v) is 7.03. The molecule has 0 spiro atoms. The normalized spacial score (nSPS) is 26.9. The van der Waals surface area contributed by atoms with Crippen molar-refractivity contribution in [3.63, 3.8) is 0 Å². The summed E-state index contributed by atoms with van der Waals surface area (Å²) in [4.78, 5) is 12.0. The van der Waals surface area contributed by atoms with Crippen molar-refractivity contribution >= 4 is 5.91 Å². The van der Waals surface area contributed by atoms with E-state index in [1.54, 1.807) is 0 Å². The monoisotopic (exact) mass is 240 g/mol. The lowest BCUT2D eigenvalue weighted by Crippen LogP contribution is -2.39. The van der Waals surface area contributed by atoms with Gasteiger partial charge in [0.15, 0.2) is 0 Å². The van der Waals surface area contributed by atoms with Crippen LogP contribution in [0, 0.1) is 17.8 Å². The largest absolute Gasteiger partial charge is 0.353 e. The van der Waals surface area contributed by atoms with Crippen molar-refractivity contribution in [2.75, 3.05) is 6.54 Å². The molecule has 1 unspecified atom stereocenters. The van der Waals surface area contributed by atoms with Gasteiger partial charge in [0.2, 0.25) is 5.91 Å². The second-order valence-corrected chi connectivity index (χ2v) is 5.99. The minimum Gasteiger partial charge on any atom is -0.353 e. The Morgan fingerprint density at radius 1 is 1.24 bits per heavy atom. The third kappa shape index (κ3) is 5.07. The van der Waals surface area contributed by atoms with Crippen LogP contribution in [-0.2, 0) is 4.79 Å². The van der Waals surface area contributed by atoms with Crippen molar-refractivity contribution < 1.29 is 4.79 Å². The Bertz CT molecular complexity index is 232. The number of hydrogen-bond acceptors (Lipinski definition) is 2. The van der Waals surface area contributed by atoms with Crippen molar-refractivity contribution in [3.05, 3.63) is 0 Å². The highest BCUT2D eigenvalue weighted by molar-refractivity contribution is 5.78. The quantitative estimate of drug-likeness (QED) is 0.774. The summed E-state index contributed by atoms with van der Waals surface area (Å²) in [7, 11) is 0. The van der Waals surface area contributed by atoms with Crippen LogP contribution in [0.25, 0.3) is 0 Å². The van der Waals surface area contributed by atoms with Crippen LogP contribution in [0.4, 0.5) is 0 Å². The Kier molecular flexibility index (Phi) is 5.96. The minimum atomic E-state index is 0.229. The molecule has 1 rings (SSSR count). The van der Waals surface area contributed by atoms with Crippen LogP contribution in [0.15, 0.2) is 0 Å². The van der Waals surface area contributed by atoms with E-state index in [0.29, 0.717) is 17.9 Å². The number of carbonyl (C=O) groups excluding carboxylic acids is 1. The molecular formula is C14H28N2O. The van der Waals surface area contributed by atoms with Crippen LogP contribution in [0.3, 0.4) is 0 Å². The first kappa shape index (κ1) is 14.5. The van der Waals surface area contributed by atoms with E-state index in [1.165, 1.54) is 0 Å². The van der Waals surface area contributed by atoms with Gasteiger partial charge in [0, 0.05) is 12.0 Å². The number of hydrogen-bond donors (Lipinski definition) is 2. The molecule has 0 aromatic heterocycles. The third-order valence-electron chi connectivity index (χ3n) is 3.76. The molecule has 1 aliphatic carbocycles. The summed E-state index contributed by atoms with van der Waals surface area (Å²) >= 11 is 0. The predicted octanol–water partition coefficient (Wildman–Crippen LogP) is 2.30. The van der Waals surface area contributed by atoms with Gasteiger partial charge in [-0.3, -0.25) is 4.79 Å². The van der Waals surface area contributed by atoms with Crippen molar-refractivity contribution in [2.45, 2.75) is 58.9 Å². The molecule has 1 amide bonds. The molecule has 0 heterocycles. The molecule has 0 aromatic rings. The molecule has 3 N–H and O–H groups in total. The van der Waals surface area contributed by atoms with Crippen LogP contribution in [0.2, 0.25) is 0 Å². The van der Waals surface area contributed by atoms with Gasteiger partial charge in [-0.25, -0.2) is 0 Å². The summed E-state index contributed by atoms with van der Waals surface area (Å²) in [6, 6.07) is 0.301. The fourth-order valence-corrected chi connectivity index (χ4v) is 2.79. The number of nitrogens with one attached hydrogen (secondary N) is 1. The van der Waals surface area contributed by atoms with Gasteiger partial charge in [-0.05, 0) is 57.4 Å². The molecule has 0 radical (unpaired) electrons. The highest BCUT2D eigenvalue weighted by Crippen LogP contribution is 2.28. The molecular weight excluding hydrogens is 212 g/mol. The van der Waals surface area contributed by atoms with Gasteiger partial charge in [0.1, 0.15) is 0 Å². The van der Waals surface area contributed by atoms with Crippen molar-refractivity contribution in [1.82, 2.24) is 5.32 Å². The van der Waals surface area contributed by atoms with Crippen molar-refractivity contribution in [2.24, 2.45) is 23.5 Å². The first-order chi connectivity index (χ1) is 8.02. The van der Waals surface area contributed by atoms with Crippen LogP contribution in [-0.4, -0.2) is 18.5 Å². The van der Waals surface area contributed by atoms with Crippen LogP contribution in [0.5, 0.6) is 0 Å². The van der Waals surface area contributed by atoms with Gasteiger partial charge in [-0.2, -0.15) is 0 Å². The molecule has 100 valence electrons. The Labute approximate surface area is 106 Å². The third-order valence-corrected chi connectivity index (χ3v) is 3.76. The SMILES string of the molecule is CC(C)CC(C)NC(=O)C1CCC(CN)CC1. The summed E-state index contributed by atoms with van der Waals surface area (Å²) in [5.74, 6) is 1.77. The molecule has 0 saturated heterocycles. The first-order valence-electron chi connectivity index (χ1n) is 7.03. The van der Waals surface area contributed by atoms with Gasteiger partial charge in [-0.1, -0.05) is 13.8 Å².